The van der Waals surface area contributed by atoms with Crippen molar-refractivity contribution in [3.63, 3.8) is 0 Å². The summed E-state index contributed by atoms with van der Waals surface area (Å²) in [6, 6.07) is 0. The quantitative estimate of drug-likeness (QED) is 0.0649. The Hall–Kier alpha value is -2.08. The number of carboxylic acids is 1. The van der Waals surface area contributed by atoms with Gasteiger partial charge in [-0.1, -0.05) is 46.3 Å². The van der Waals surface area contributed by atoms with E-state index < -0.39 is 164 Å². The molecule has 0 aromatic heterocycles. The van der Waals surface area contributed by atoms with Gasteiger partial charge < -0.3 is 104 Å². The summed E-state index contributed by atoms with van der Waals surface area (Å²) in [5.74, 6) is -1.97. The zero-order valence-corrected chi connectivity index (χ0v) is 44.4. The summed E-state index contributed by atoms with van der Waals surface area (Å²) in [6.45, 7) is 12.8. The third kappa shape index (κ3) is 9.33. The second-order valence-electron chi connectivity index (χ2n) is 25.6. The van der Waals surface area contributed by atoms with Crippen molar-refractivity contribution < 1.29 is 114 Å². The van der Waals surface area contributed by atoms with Gasteiger partial charge in [-0.2, -0.15) is 0 Å². The average molecular weight is 1090 g/mol. The van der Waals surface area contributed by atoms with Gasteiger partial charge in [0.1, 0.15) is 85.5 Å². The van der Waals surface area contributed by atoms with Crippen molar-refractivity contribution in [3.05, 3.63) is 11.6 Å². The normalized spacial score (nSPS) is 54.2. The summed E-state index contributed by atoms with van der Waals surface area (Å²) in [4.78, 5) is 28.2. The van der Waals surface area contributed by atoms with Gasteiger partial charge >= 0.3 is 11.9 Å². The molecule has 13 N–H and O–H groups in total. The minimum atomic E-state index is -1.95. The maximum atomic E-state index is 15.1. The lowest BCUT2D eigenvalue weighted by molar-refractivity contribution is -0.361. The smallest absolute Gasteiger partial charge is 0.315 e. The molecule has 4 saturated carbocycles. The molecular weight excluding hydrogens is 1000 g/mol. The first-order valence-corrected chi connectivity index (χ1v) is 27.3. The molecular formula is C53H84O23. The molecule has 0 bridgehead atoms. The summed E-state index contributed by atoms with van der Waals surface area (Å²) >= 11 is 0. The van der Waals surface area contributed by atoms with E-state index in [0.29, 0.717) is 25.7 Å². The molecule has 9 aliphatic rings. The van der Waals surface area contributed by atoms with Crippen molar-refractivity contribution in [2.45, 2.75) is 235 Å². The Bertz CT molecular complexity index is 2150. The van der Waals surface area contributed by atoms with Crippen LogP contribution in [0.1, 0.15) is 113 Å². The third-order valence-corrected chi connectivity index (χ3v) is 21.3. The van der Waals surface area contributed by atoms with E-state index in [0.717, 1.165) is 24.8 Å². The van der Waals surface area contributed by atoms with Gasteiger partial charge in [0, 0.05) is 0 Å². The number of hydrogen-bond acceptors (Lipinski definition) is 22. The number of aliphatic hydroxyl groups is 12. The van der Waals surface area contributed by atoms with Gasteiger partial charge in [0.05, 0.1) is 42.9 Å². The summed E-state index contributed by atoms with van der Waals surface area (Å²) in [6.07, 6.45) is -23.2. The van der Waals surface area contributed by atoms with E-state index in [1.807, 2.05) is 0 Å². The molecule has 9 rings (SSSR count). The predicted molar refractivity (Wildman–Crippen MR) is 257 cm³/mol. The van der Waals surface area contributed by atoms with Crippen molar-refractivity contribution in [2.75, 3.05) is 19.8 Å². The zero-order valence-electron chi connectivity index (χ0n) is 44.4. The van der Waals surface area contributed by atoms with Crippen LogP contribution in [0.15, 0.2) is 11.6 Å². The van der Waals surface area contributed by atoms with Crippen LogP contribution in [0.4, 0.5) is 0 Å². The molecule has 0 aromatic rings. The molecule has 0 spiro atoms. The Labute approximate surface area is 442 Å². The summed E-state index contributed by atoms with van der Waals surface area (Å²) in [7, 11) is 0. The molecule has 434 valence electrons. The first-order valence-electron chi connectivity index (χ1n) is 27.3. The molecule has 76 heavy (non-hydrogen) atoms. The lowest BCUT2D eigenvalue weighted by atomic mass is 9.33. The molecule has 8 fully saturated rings. The van der Waals surface area contributed by atoms with E-state index in [-0.39, 0.29) is 60.1 Å². The lowest BCUT2D eigenvalue weighted by Crippen LogP contribution is -2.66. The highest BCUT2D eigenvalue weighted by Gasteiger charge is 2.71. The lowest BCUT2D eigenvalue weighted by Gasteiger charge is -2.71. The Morgan fingerprint density at radius 2 is 1.28 bits per heavy atom. The molecule has 0 amide bonds. The molecule has 0 radical (unpaired) electrons. The Morgan fingerprint density at radius 3 is 1.96 bits per heavy atom. The number of hydrogen-bond donors (Lipinski definition) is 13. The van der Waals surface area contributed by atoms with Gasteiger partial charge in [-0.3, -0.25) is 9.59 Å². The number of carbonyl (C=O) groups is 2. The summed E-state index contributed by atoms with van der Waals surface area (Å²) in [5.41, 5.74) is -2.80. The SMILES string of the molecule is C[C@@H]1O[C@H](O[C@@H]2[C@@H](O)[C@H](O)[C@@H](OC[C@@H]3O[C@H](OC(=O)[C@]45CC[C@@](C)(C(=O)O)C[C@H]4C4=CC[C@H]6[C@]7(C)CC[C@@H](O[C@H]8OC[C@H](O)[C@@H](O)[C@@H]8O)C(C)(C)[C@H]7CC[C@@]6(C)[C@@]4(C)CC5)[C@@H](O)[C@H](O)[C@H]3O)O[C@H]2CO)[C@@H](O)[C@H](O)[C@H]1O. The van der Waals surface area contributed by atoms with Crippen molar-refractivity contribution in [1.29, 1.82) is 0 Å². The fraction of sp³-hybridized carbons (Fsp3) is 0.925. The van der Waals surface area contributed by atoms with E-state index in [4.69, 9.17) is 37.9 Å². The average Bonchev–Trinajstić information content (AvgIpc) is 3.58. The van der Waals surface area contributed by atoms with Gasteiger partial charge in [0.2, 0.25) is 6.29 Å². The van der Waals surface area contributed by atoms with Crippen molar-refractivity contribution in [2.24, 2.45) is 50.2 Å². The number of carbonyl (C=O) groups excluding carboxylic acids is 1. The zero-order chi connectivity index (χ0) is 55.6. The fourth-order valence-electron chi connectivity index (χ4n) is 16.1. The van der Waals surface area contributed by atoms with Crippen LogP contribution in [-0.2, 0) is 47.5 Å². The number of ether oxygens (including phenoxy) is 8. The van der Waals surface area contributed by atoms with Crippen molar-refractivity contribution in [1.82, 2.24) is 0 Å². The van der Waals surface area contributed by atoms with Gasteiger partial charge in [0.15, 0.2) is 18.9 Å². The second kappa shape index (κ2) is 21.0. The van der Waals surface area contributed by atoms with Crippen LogP contribution in [0, 0.1) is 50.2 Å². The summed E-state index contributed by atoms with van der Waals surface area (Å²) in [5, 5.41) is 139. The predicted octanol–water partition coefficient (Wildman–Crippen LogP) is -1.30. The Kier molecular flexibility index (Phi) is 16.2. The molecule has 5 aliphatic carbocycles. The molecule has 23 nitrogen and oxygen atoms in total. The van der Waals surface area contributed by atoms with E-state index in [2.05, 4.69) is 40.7 Å². The number of aliphatic hydroxyl groups excluding tert-OH is 12. The van der Waals surface area contributed by atoms with Crippen LogP contribution < -0.4 is 0 Å². The maximum absolute atomic E-state index is 15.1. The van der Waals surface area contributed by atoms with Crippen LogP contribution in [0.5, 0.6) is 0 Å². The number of allylic oxidation sites excluding steroid dienone is 2. The van der Waals surface area contributed by atoms with E-state index in [1.165, 1.54) is 6.92 Å². The monoisotopic (exact) mass is 1090 g/mol. The fourth-order valence-corrected chi connectivity index (χ4v) is 16.1. The number of fused-ring (bicyclic) bond motifs is 7. The topological polar surface area (TPSA) is 371 Å². The van der Waals surface area contributed by atoms with Crippen molar-refractivity contribution in [3.8, 4) is 0 Å². The molecule has 0 unspecified atom stereocenters. The van der Waals surface area contributed by atoms with Gasteiger partial charge in [-0.15, -0.1) is 0 Å². The molecule has 4 aliphatic heterocycles. The second-order valence-corrected chi connectivity index (χ2v) is 25.6. The van der Waals surface area contributed by atoms with E-state index in [1.54, 1.807) is 6.92 Å². The molecule has 0 aromatic carbocycles. The standard InChI is InChI=1S/C53H84O23/c1-22-31(56)34(59)38(63)44(71-22)75-41-26(19-54)72-42(40(65)36(41)61)70-21-27-33(58)35(60)39(64)45(73-27)76-47(68)53-16-14-49(4,46(66)67)18-24(53)23-8-9-29-50(5)12-11-30(74-43-37(62)32(57)25(55)20-69-43)48(2,3)28(50)10-13-52(29,7)51(23,6)15-17-53/h8,22,24-45,54-65H,9-21H2,1-7H3,(H,66,67)/t22-,24-,25-,26-,27-,28+,29-,30+,31-,32+,33-,34+,35+,36-,37-,38-,39-,40-,41-,42-,43+,44+,45+,49+,50+,51-,52+,53-/m0/s1. The van der Waals surface area contributed by atoms with Crippen LogP contribution in [0.2, 0.25) is 0 Å². The third-order valence-electron chi connectivity index (χ3n) is 21.3. The van der Waals surface area contributed by atoms with E-state index >= 15 is 4.79 Å². The van der Waals surface area contributed by atoms with E-state index in [9.17, 15) is 71.2 Å². The number of rotatable bonds is 11. The highest BCUT2D eigenvalue weighted by molar-refractivity contribution is 5.81. The molecule has 4 heterocycles. The minimum Gasteiger partial charge on any atom is -0.481 e. The number of aliphatic carboxylic acids is 1. The van der Waals surface area contributed by atoms with Gasteiger partial charge in [0.25, 0.3) is 0 Å². The van der Waals surface area contributed by atoms with Crippen LogP contribution in [0.3, 0.4) is 0 Å². The van der Waals surface area contributed by atoms with Crippen LogP contribution in [0.25, 0.3) is 0 Å². The first-order chi connectivity index (χ1) is 35.5. The van der Waals surface area contributed by atoms with Crippen molar-refractivity contribution >= 4 is 11.9 Å². The van der Waals surface area contributed by atoms with Crippen LogP contribution in [-0.4, -0.2) is 221 Å². The molecule has 28 atom stereocenters. The highest BCUT2D eigenvalue weighted by atomic mass is 16.8. The first kappa shape index (κ1) is 58.6. The highest BCUT2D eigenvalue weighted by Crippen LogP contribution is 2.76. The number of carboxylic acid groups (broad SMARTS) is 1. The van der Waals surface area contributed by atoms with Gasteiger partial charge in [-0.25, -0.2) is 0 Å². The van der Waals surface area contributed by atoms with Gasteiger partial charge in [-0.05, 0) is 117 Å². The summed E-state index contributed by atoms with van der Waals surface area (Å²) < 4.78 is 46.8. The Balaban J connectivity index is 0.911. The van der Waals surface area contributed by atoms with Crippen LogP contribution >= 0.6 is 0 Å². The molecule has 4 saturated heterocycles. The number of esters is 1. The largest absolute Gasteiger partial charge is 0.481 e. The minimum absolute atomic E-state index is 0.132. The maximum Gasteiger partial charge on any atom is 0.315 e. The molecule has 23 heteroatoms. The Morgan fingerprint density at radius 1 is 0.645 bits per heavy atom.